The van der Waals surface area contributed by atoms with Crippen molar-refractivity contribution in [2.45, 2.75) is 38.8 Å². The van der Waals surface area contributed by atoms with Crippen molar-refractivity contribution in [2.24, 2.45) is 5.73 Å². The van der Waals surface area contributed by atoms with Crippen LogP contribution in [0.5, 0.6) is 0 Å². The van der Waals surface area contributed by atoms with Crippen LogP contribution < -0.4 is 16.5 Å². The average Bonchev–Trinajstić information content (AvgIpc) is 2.27. The van der Waals surface area contributed by atoms with E-state index in [9.17, 15) is 4.79 Å². The van der Waals surface area contributed by atoms with Crippen LogP contribution in [0.4, 0.5) is 0 Å². The Morgan fingerprint density at radius 3 is 2.26 bits per heavy atom. The zero-order valence-electron chi connectivity index (χ0n) is 11.6. The SMILES string of the molecule is CC(C)(C)NC(=O)[C@@H](N)Cc1ccc(B(O)O)cc1. The van der Waals surface area contributed by atoms with Crippen LogP contribution in [0, 0.1) is 0 Å². The fourth-order valence-electron chi connectivity index (χ4n) is 1.63. The van der Waals surface area contributed by atoms with Gasteiger partial charge >= 0.3 is 7.12 Å². The third kappa shape index (κ3) is 5.42. The molecule has 0 saturated carbocycles. The lowest BCUT2D eigenvalue weighted by atomic mass is 9.80. The number of benzene rings is 1. The number of hydrogen-bond acceptors (Lipinski definition) is 4. The summed E-state index contributed by atoms with van der Waals surface area (Å²) in [5, 5.41) is 20.8. The molecule has 1 aromatic rings. The van der Waals surface area contributed by atoms with E-state index in [4.69, 9.17) is 15.8 Å². The minimum atomic E-state index is -1.48. The molecular weight excluding hydrogens is 243 g/mol. The predicted octanol–water partition coefficient (Wildman–Crippen LogP) is -0.849. The first kappa shape index (κ1) is 15.7. The fourth-order valence-corrected chi connectivity index (χ4v) is 1.63. The van der Waals surface area contributed by atoms with E-state index in [1.165, 1.54) is 0 Å². The highest BCUT2D eigenvalue weighted by molar-refractivity contribution is 6.58. The van der Waals surface area contributed by atoms with Crippen molar-refractivity contribution in [3.63, 3.8) is 0 Å². The van der Waals surface area contributed by atoms with Crippen LogP contribution in [0.25, 0.3) is 0 Å². The zero-order chi connectivity index (χ0) is 14.6. The Hall–Kier alpha value is -1.37. The summed E-state index contributed by atoms with van der Waals surface area (Å²) < 4.78 is 0. The second kappa shape index (κ2) is 6.19. The van der Waals surface area contributed by atoms with Crippen LogP contribution in [0.15, 0.2) is 24.3 Å². The molecule has 104 valence electrons. The van der Waals surface area contributed by atoms with Gasteiger partial charge in [0.15, 0.2) is 0 Å². The molecule has 5 N–H and O–H groups in total. The molecule has 6 heteroatoms. The molecule has 0 aliphatic carbocycles. The molecule has 0 fully saturated rings. The molecule has 0 aliphatic heterocycles. The van der Waals surface area contributed by atoms with Crippen LogP contribution in [0.1, 0.15) is 26.3 Å². The molecule has 0 aromatic heterocycles. The highest BCUT2D eigenvalue weighted by atomic mass is 16.4. The maximum absolute atomic E-state index is 11.8. The molecule has 0 radical (unpaired) electrons. The molecule has 0 saturated heterocycles. The highest BCUT2D eigenvalue weighted by Gasteiger charge is 2.20. The summed E-state index contributed by atoms with van der Waals surface area (Å²) in [6.45, 7) is 5.69. The molecule has 1 aromatic carbocycles. The number of hydrogen-bond donors (Lipinski definition) is 4. The summed E-state index contributed by atoms with van der Waals surface area (Å²) in [7, 11) is -1.48. The number of nitrogens with two attached hydrogens (primary N) is 1. The van der Waals surface area contributed by atoms with Gasteiger partial charge in [-0.2, -0.15) is 0 Å². The van der Waals surface area contributed by atoms with Crippen molar-refractivity contribution >= 4 is 18.5 Å². The molecule has 0 aliphatic rings. The Kier molecular flexibility index (Phi) is 5.11. The summed E-state index contributed by atoms with van der Waals surface area (Å²) >= 11 is 0. The lowest BCUT2D eigenvalue weighted by Crippen LogP contribution is -2.49. The quantitative estimate of drug-likeness (QED) is 0.533. The summed E-state index contributed by atoms with van der Waals surface area (Å²) in [6, 6.07) is 6.06. The minimum Gasteiger partial charge on any atom is -0.423 e. The Labute approximate surface area is 114 Å². The van der Waals surface area contributed by atoms with Gasteiger partial charge in [-0.1, -0.05) is 24.3 Å². The van der Waals surface area contributed by atoms with Crippen molar-refractivity contribution < 1.29 is 14.8 Å². The van der Waals surface area contributed by atoms with Crippen molar-refractivity contribution in [3.05, 3.63) is 29.8 Å². The number of carbonyl (C=O) groups excluding carboxylic acids is 1. The normalized spacial score (nSPS) is 12.9. The lowest BCUT2D eigenvalue weighted by molar-refractivity contribution is -0.123. The first-order valence-corrected chi connectivity index (χ1v) is 6.21. The molecule has 1 rings (SSSR count). The monoisotopic (exact) mass is 264 g/mol. The molecule has 0 spiro atoms. The summed E-state index contributed by atoms with van der Waals surface area (Å²) in [6.07, 6.45) is 0.406. The Balaban J connectivity index is 2.61. The molecule has 1 atom stereocenters. The van der Waals surface area contributed by atoms with Gasteiger partial charge in [-0.25, -0.2) is 0 Å². The van der Waals surface area contributed by atoms with E-state index in [-0.39, 0.29) is 11.4 Å². The zero-order valence-corrected chi connectivity index (χ0v) is 11.6. The largest absolute Gasteiger partial charge is 0.488 e. The third-order valence-electron chi connectivity index (χ3n) is 2.57. The summed E-state index contributed by atoms with van der Waals surface area (Å²) in [5.74, 6) is -0.196. The van der Waals surface area contributed by atoms with Gasteiger partial charge < -0.3 is 21.1 Å². The second-order valence-electron chi connectivity index (χ2n) is 5.67. The van der Waals surface area contributed by atoms with Gasteiger partial charge in [0.25, 0.3) is 0 Å². The first-order valence-electron chi connectivity index (χ1n) is 6.21. The van der Waals surface area contributed by atoms with E-state index in [2.05, 4.69) is 5.32 Å². The van der Waals surface area contributed by atoms with E-state index >= 15 is 0 Å². The summed E-state index contributed by atoms with van der Waals surface area (Å²) in [5.41, 5.74) is 6.83. The van der Waals surface area contributed by atoms with Gasteiger partial charge in [0, 0.05) is 5.54 Å². The van der Waals surface area contributed by atoms with Crippen molar-refractivity contribution in [1.82, 2.24) is 5.32 Å². The van der Waals surface area contributed by atoms with Gasteiger partial charge in [0.1, 0.15) is 0 Å². The van der Waals surface area contributed by atoms with Gasteiger partial charge in [-0.05, 0) is 38.2 Å². The summed E-state index contributed by atoms with van der Waals surface area (Å²) in [4.78, 5) is 11.8. The van der Waals surface area contributed by atoms with Gasteiger partial charge in [-0.15, -0.1) is 0 Å². The predicted molar refractivity (Wildman–Crippen MR) is 75.8 cm³/mol. The highest BCUT2D eigenvalue weighted by Crippen LogP contribution is 2.04. The molecule has 0 unspecified atom stereocenters. The Morgan fingerprint density at radius 1 is 1.32 bits per heavy atom. The van der Waals surface area contributed by atoms with Crippen LogP contribution >= 0.6 is 0 Å². The molecule has 0 bridgehead atoms. The number of nitrogens with one attached hydrogen (secondary N) is 1. The lowest BCUT2D eigenvalue weighted by Gasteiger charge is -2.23. The van der Waals surface area contributed by atoms with Crippen molar-refractivity contribution in [3.8, 4) is 0 Å². The third-order valence-corrected chi connectivity index (χ3v) is 2.57. The molecule has 5 nitrogen and oxygen atoms in total. The molecule has 0 heterocycles. The molecular formula is C13H21BN2O3. The number of carbonyl (C=O) groups is 1. The van der Waals surface area contributed by atoms with Gasteiger partial charge in [0.05, 0.1) is 6.04 Å². The minimum absolute atomic E-state index is 0.196. The second-order valence-corrected chi connectivity index (χ2v) is 5.67. The smallest absolute Gasteiger partial charge is 0.423 e. The van der Waals surface area contributed by atoms with Crippen LogP contribution in [0.2, 0.25) is 0 Å². The number of amides is 1. The molecule has 1 amide bonds. The van der Waals surface area contributed by atoms with Crippen molar-refractivity contribution in [1.29, 1.82) is 0 Å². The van der Waals surface area contributed by atoms with E-state index < -0.39 is 13.2 Å². The average molecular weight is 264 g/mol. The van der Waals surface area contributed by atoms with E-state index in [0.717, 1.165) is 5.56 Å². The maximum Gasteiger partial charge on any atom is 0.488 e. The van der Waals surface area contributed by atoms with Crippen molar-refractivity contribution in [2.75, 3.05) is 0 Å². The standard InChI is InChI=1S/C13H21BN2O3/c1-13(2,3)16-12(17)11(15)8-9-4-6-10(7-5-9)14(18)19/h4-7,11,18-19H,8,15H2,1-3H3,(H,16,17)/t11-/m0/s1. The topological polar surface area (TPSA) is 95.6 Å². The van der Waals surface area contributed by atoms with E-state index in [0.29, 0.717) is 11.9 Å². The van der Waals surface area contributed by atoms with Crippen LogP contribution in [0.3, 0.4) is 0 Å². The van der Waals surface area contributed by atoms with E-state index in [1.807, 2.05) is 20.8 Å². The van der Waals surface area contributed by atoms with Gasteiger partial charge in [-0.3, -0.25) is 4.79 Å². The van der Waals surface area contributed by atoms with Crippen LogP contribution in [-0.2, 0) is 11.2 Å². The maximum atomic E-state index is 11.8. The number of rotatable bonds is 4. The Morgan fingerprint density at radius 2 is 1.84 bits per heavy atom. The Bertz CT molecular complexity index is 427. The fraction of sp³-hybridized carbons (Fsp3) is 0.462. The van der Waals surface area contributed by atoms with Gasteiger partial charge in [0.2, 0.25) is 5.91 Å². The molecule has 19 heavy (non-hydrogen) atoms. The van der Waals surface area contributed by atoms with E-state index in [1.54, 1.807) is 24.3 Å². The van der Waals surface area contributed by atoms with Crippen LogP contribution in [-0.4, -0.2) is 34.7 Å². The first-order chi connectivity index (χ1) is 8.69.